The second-order valence-corrected chi connectivity index (χ2v) is 3.08. The Balaban J connectivity index is -0.00000000427. The van der Waals surface area contributed by atoms with Crippen LogP contribution in [-0.2, 0) is 9.13 Å². The smallest absolute Gasteiger partial charge is 0.344 e. The SMILES string of the molecule is N.O=P(O)(O)O.O=P(O)(O)O.[H+].[H+].[H+].[H+].[H+].[H+].[MgH2].[MgH2].[MgH2]. The van der Waals surface area contributed by atoms with Crippen molar-refractivity contribution < 1.29 is 47.1 Å². The van der Waals surface area contributed by atoms with E-state index in [1.165, 1.54) is 0 Å². The Bertz CT molecular complexity index is 153. The fourth-order valence-electron chi connectivity index (χ4n) is 0. The average Bonchev–Trinajstić information content (AvgIpc) is 1.12. The van der Waals surface area contributed by atoms with Gasteiger partial charge < -0.3 is 35.5 Å². The topological polar surface area (TPSA) is 191 Å². The summed E-state index contributed by atoms with van der Waals surface area (Å²) < 4.78 is 17.8. The van der Waals surface area contributed by atoms with Gasteiger partial charge in [0.2, 0.25) is 0 Å². The lowest BCUT2D eigenvalue weighted by Gasteiger charge is -1.82. The van der Waals surface area contributed by atoms with E-state index < -0.39 is 15.6 Å². The van der Waals surface area contributed by atoms with Crippen LogP contribution in [0.4, 0.5) is 0 Å². The van der Waals surface area contributed by atoms with Crippen molar-refractivity contribution >= 4 is 84.8 Å². The molecule has 0 unspecified atom stereocenters. The molecule has 0 radical (unpaired) electrons. The molecule has 14 heteroatoms. The molecule has 9 nitrogen and oxygen atoms in total. The molecule has 0 saturated carbocycles. The molecule has 0 aromatic heterocycles. The Hall–Kier alpha value is 2.48. The molecule has 0 rings (SSSR count). The minimum absolute atomic E-state index is 0. The van der Waals surface area contributed by atoms with Crippen LogP contribution in [-0.4, -0.2) is 98.5 Å². The number of hydrogen-bond acceptors (Lipinski definition) is 3. The van der Waals surface area contributed by atoms with Gasteiger partial charge in [-0.15, -0.1) is 0 Å². The third-order valence-electron chi connectivity index (χ3n) is 0. The normalized spacial score (nSPS) is 8.43. The van der Waals surface area contributed by atoms with Crippen LogP contribution in [0.25, 0.3) is 0 Å². The largest absolute Gasteiger partial charge is 1.00 e. The van der Waals surface area contributed by atoms with Gasteiger partial charge in [-0.2, -0.15) is 0 Å². The van der Waals surface area contributed by atoms with Crippen molar-refractivity contribution in [3.8, 4) is 0 Å². The van der Waals surface area contributed by atoms with Gasteiger partial charge in [-0.1, -0.05) is 0 Å². The molecule has 0 spiro atoms. The maximum Gasteiger partial charge on any atom is 1.00 e. The average molecular weight is 298 g/mol. The summed E-state index contributed by atoms with van der Waals surface area (Å²) in [5.41, 5.74) is 0. The fourth-order valence-corrected chi connectivity index (χ4v) is 0. The summed E-state index contributed by atoms with van der Waals surface area (Å²) in [5.74, 6) is 0. The van der Waals surface area contributed by atoms with Crippen molar-refractivity contribution in [2.75, 3.05) is 0 Å². The summed E-state index contributed by atoms with van der Waals surface area (Å²) in [7, 11) is -9.28. The molecule has 0 aromatic carbocycles. The molecule has 0 heterocycles. The summed E-state index contributed by atoms with van der Waals surface area (Å²) in [4.78, 5) is 43.1. The van der Waals surface area contributed by atoms with Gasteiger partial charge in [0.15, 0.2) is 0 Å². The van der Waals surface area contributed by atoms with E-state index in [1.807, 2.05) is 0 Å². The molecule has 0 aliphatic rings. The quantitative estimate of drug-likeness (QED) is 0.174. The van der Waals surface area contributed by atoms with Crippen LogP contribution in [0, 0.1) is 0 Å². The molecule has 9 N–H and O–H groups in total. The molecule has 0 saturated heterocycles. The van der Waals surface area contributed by atoms with Crippen LogP contribution in [0.1, 0.15) is 8.56 Å². The van der Waals surface area contributed by atoms with Gasteiger partial charge in [0.1, 0.15) is 0 Å². The summed E-state index contributed by atoms with van der Waals surface area (Å²) in [6.45, 7) is 0. The zero-order valence-corrected chi connectivity index (χ0v) is 6.89. The van der Waals surface area contributed by atoms with Gasteiger partial charge in [-0.05, 0) is 0 Å². The van der Waals surface area contributed by atoms with Gasteiger partial charge in [0.25, 0.3) is 0 Å². The van der Waals surface area contributed by atoms with E-state index in [9.17, 15) is 0 Å². The summed E-state index contributed by atoms with van der Waals surface area (Å²) >= 11 is 0. The summed E-state index contributed by atoms with van der Waals surface area (Å²) in [5, 5.41) is 0. The van der Waals surface area contributed by atoms with Crippen LogP contribution in [0.3, 0.4) is 0 Å². The Kier molecular flexibility index (Phi) is 39.8. The van der Waals surface area contributed by atoms with E-state index in [0.29, 0.717) is 0 Å². The van der Waals surface area contributed by atoms with Crippen LogP contribution in [0.15, 0.2) is 0 Å². The van der Waals surface area contributed by atoms with Gasteiger partial charge in [0, 0.05) is 0 Å². The molecule has 14 heavy (non-hydrogen) atoms. The van der Waals surface area contributed by atoms with Gasteiger partial charge in [0.05, 0.1) is 0 Å². The molecule has 0 amide bonds. The Labute approximate surface area is 137 Å². The molecule has 0 aliphatic carbocycles. The van der Waals surface area contributed by atoms with Crippen molar-refractivity contribution in [3.63, 3.8) is 0 Å². The third kappa shape index (κ3) is 428. The lowest BCUT2D eigenvalue weighted by atomic mass is 14.0. The summed E-state index contributed by atoms with van der Waals surface area (Å²) in [6.07, 6.45) is 0. The first-order valence-electron chi connectivity index (χ1n) is 1.57. The van der Waals surface area contributed by atoms with Crippen molar-refractivity contribution in [3.05, 3.63) is 0 Å². The Morgan fingerprint density at radius 3 is 0.643 bits per heavy atom. The van der Waals surface area contributed by atoms with E-state index in [-0.39, 0.29) is 83.9 Å². The first-order chi connectivity index (χ1) is 4.00. The van der Waals surface area contributed by atoms with Crippen LogP contribution >= 0.6 is 15.6 Å². The van der Waals surface area contributed by atoms with Crippen molar-refractivity contribution in [1.29, 1.82) is 0 Å². The van der Waals surface area contributed by atoms with Crippen molar-refractivity contribution in [2.24, 2.45) is 0 Å². The van der Waals surface area contributed by atoms with Gasteiger partial charge >= 0.3 is 93.4 Å². The van der Waals surface area contributed by atoms with Crippen LogP contribution < -0.4 is 6.15 Å². The predicted octanol–water partition coefficient (Wildman–Crippen LogP) is -3.77. The van der Waals surface area contributed by atoms with Crippen molar-refractivity contribution in [2.45, 2.75) is 0 Å². The highest BCUT2D eigenvalue weighted by molar-refractivity contribution is 7.45. The standard InChI is InChI=1S/3Mg.H3N.2H3O4P.6H/c;;;;2*1-5(2,3)4;;;;;;/h;;;1H3;2*(H3,1,2,3,4);;;;;;/p+6. The highest BCUT2D eigenvalue weighted by Crippen LogP contribution is 2.26. The number of hydrogen-bond donors (Lipinski definition) is 7. The minimum Gasteiger partial charge on any atom is -0.344 e. The molecule has 0 atom stereocenters. The van der Waals surface area contributed by atoms with E-state index in [0.717, 1.165) is 0 Å². The highest BCUT2D eigenvalue weighted by Gasteiger charge is 2.00. The van der Waals surface area contributed by atoms with Crippen LogP contribution in [0.2, 0.25) is 0 Å². The maximum absolute atomic E-state index is 8.88. The zero-order valence-electron chi connectivity index (χ0n) is 11.1. The second kappa shape index (κ2) is 15.5. The number of rotatable bonds is 0. The fraction of sp³-hybridized carbons (Fsp3) is 0. The van der Waals surface area contributed by atoms with E-state index in [2.05, 4.69) is 0 Å². The molecule has 0 aromatic rings. The highest BCUT2D eigenvalue weighted by atomic mass is 31.2. The minimum atomic E-state index is -4.64. The maximum atomic E-state index is 8.88. The Morgan fingerprint density at radius 1 is 0.643 bits per heavy atom. The molecular formula is H21Mg3NO8P2+6. The number of phosphoric acid groups is 2. The second-order valence-electron chi connectivity index (χ2n) is 1.03. The first-order valence-corrected chi connectivity index (χ1v) is 4.70. The predicted molar refractivity (Wildman–Crippen MR) is 65.9 cm³/mol. The molecule has 0 aliphatic heterocycles. The zero-order chi connectivity index (χ0) is 9.00. The van der Waals surface area contributed by atoms with Crippen molar-refractivity contribution in [1.82, 2.24) is 6.15 Å². The van der Waals surface area contributed by atoms with E-state index in [1.54, 1.807) is 0 Å². The monoisotopic (exact) mass is 297 g/mol. The lowest BCUT2D eigenvalue weighted by Crippen LogP contribution is -1.66. The lowest BCUT2D eigenvalue weighted by molar-refractivity contribution is 0.272. The Morgan fingerprint density at radius 2 is 0.643 bits per heavy atom. The van der Waals surface area contributed by atoms with Crippen LogP contribution in [0.5, 0.6) is 0 Å². The molecular weight excluding hydrogens is 277 g/mol. The van der Waals surface area contributed by atoms with E-state index >= 15 is 0 Å². The van der Waals surface area contributed by atoms with Gasteiger partial charge in [-0.25, -0.2) is 9.13 Å². The molecule has 0 bridgehead atoms. The first kappa shape index (κ1) is 36.0. The molecule has 84 valence electrons. The van der Waals surface area contributed by atoms with E-state index in [4.69, 9.17) is 38.5 Å². The summed E-state index contributed by atoms with van der Waals surface area (Å²) in [6, 6.07) is 0. The third-order valence-corrected chi connectivity index (χ3v) is 0. The molecule has 0 fully saturated rings. The van der Waals surface area contributed by atoms with Gasteiger partial charge in [-0.3, -0.25) is 0 Å².